The van der Waals surface area contributed by atoms with Crippen molar-refractivity contribution in [3.63, 3.8) is 0 Å². The van der Waals surface area contributed by atoms with E-state index in [1.54, 1.807) is 24.3 Å². The first kappa shape index (κ1) is 17.9. The third-order valence-corrected chi connectivity index (χ3v) is 4.83. The van der Waals surface area contributed by atoms with Crippen molar-refractivity contribution in [2.75, 3.05) is 0 Å². The first-order valence-electron chi connectivity index (χ1n) is 5.53. The van der Waals surface area contributed by atoms with Crippen LogP contribution in [-0.2, 0) is 0 Å². The van der Waals surface area contributed by atoms with E-state index in [2.05, 4.69) is 0 Å². The van der Waals surface area contributed by atoms with Crippen molar-refractivity contribution in [2.24, 2.45) is 0 Å². The van der Waals surface area contributed by atoms with Gasteiger partial charge in [0.05, 0.1) is 11.9 Å². The van der Waals surface area contributed by atoms with Gasteiger partial charge in [0.25, 0.3) is 0 Å². The molecule has 0 aliphatic carbocycles. The molecule has 0 spiro atoms. The molecule has 0 bridgehead atoms. The molecule has 2 rings (SSSR count). The van der Waals surface area contributed by atoms with Gasteiger partial charge in [0.1, 0.15) is 0 Å². The predicted octanol–water partition coefficient (Wildman–Crippen LogP) is 0.832. The van der Waals surface area contributed by atoms with Gasteiger partial charge in [-0.3, -0.25) is 0 Å². The molecular weight excluding hydrogens is 321 g/mol. The molecule has 0 atom stereocenters. The fraction of sp³-hybridized carbons (Fsp3) is 0. The van der Waals surface area contributed by atoms with Gasteiger partial charge in [-0.05, 0) is 35.4 Å². The Morgan fingerprint density at radius 2 is 0.952 bits per heavy atom. The molecule has 0 aliphatic heterocycles. The van der Waals surface area contributed by atoms with Crippen molar-refractivity contribution in [1.29, 1.82) is 0 Å². The van der Waals surface area contributed by atoms with E-state index in [4.69, 9.17) is 0 Å². The Morgan fingerprint density at radius 1 is 0.667 bits per heavy atom. The molecule has 21 heavy (non-hydrogen) atoms. The number of carboxylic acid groups (broad SMARTS) is 2. The van der Waals surface area contributed by atoms with E-state index >= 15 is 0 Å². The van der Waals surface area contributed by atoms with Gasteiger partial charge in [-0.25, -0.2) is 0 Å². The van der Waals surface area contributed by atoms with Crippen molar-refractivity contribution in [3.05, 3.63) is 59.7 Å². The summed E-state index contributed by atoms with van der Waals surface area (Å²) in [5.41, 5.74) is 0.273. The molecule has 0 heterocycles. The zero-order chi connectivity index (χ0) is 14.5. The fourth-order valence-corrected chi connectivity index (χ4v) is 3.32. The molecule has 0 N–H and O–H groups in total. The van der Waals surface area contributed by atoms with Gasteiger partial charge < -0.3 is 19.8 Å². The second kappa shape index (κ2) is 8.33. The Balaban J connectivity index is 0.00000220. The molecule has 0 amide bonds. The van der Waals surface area contributed by atoms with Crippen molar-refractivity contribution in [3.8, 4) is 0 Å². The largest absolute Gasteiger partial charge is 2.00 e. The quantitative estimate of drug-likeness (QED) is 0.597. The first-order valence-corrected chi connectivity index (χ1v) is 7.68. The maximum Gasteiger partial charge on any atom is 2.00 e. The molecule has 0 unspecified atom stereocenters. The van der Waals surface area contributed by atoms with E-state index < -0.39 is 11.9 Å². The van der Waals surface area contributed by atoms with Gasteiger partial charge in [-0.2, -0.15) is 0 Å². The zero-order valence-corrected chi connectivity index (χ0v) is 13.8. The summed E-state index contributed by atoms with van der Waals surface area (Å²) < 4.78 is 0. The maximum atomic E-state index is 10.6. The smallest absolute Gasteiger partial charge is 0.545 e. The molecule has 102 valence electrons. The third-order valence-electron chi connectivity index (χ3n) is 2.41. The van der Waals surface area contributed by atoms with Crippen molar-refractivity contribution < 1.29 is 19.8 Å². The summed E-state index contributed by atoms with van der Waals surface area (Å²) in [6.07, 6.45) is 0. The summed E-state index contributed by atoms with van der Waals surface area (Å²) in [7, 11) is 2.90. The SMILES string of the molecule is O=C([O-])c1ccc(SSc2ccc(C(=O)[O-])cc2)cc1.[Mg+2]. The van der Waals surface area contributed by atoms with Crippen molar-refractivity contribution in [2.45, 2.75) is 9.79 Å². The number of hydrogen-bond acceptors (Lipinski definition) is 6. The number of hydrogen-bond donors (Lipinski definition) is 0. The zero-order valence-electron chi connectivity index (χ0n) is 10.8. The van der Waals surface area contributed by atoms with Gasteiger partial charge in [0.2, 0.25) is 0 Å². The minimum Gasteiger partial charge on any atom is -0.545 e. The minimum absolute atomic E-state index is 0. The van der Waals surface area contributed by atoms with Gasteiger partial charge in [0.15, 0.2) is 0 Å². The standard InChI is InChI=1S/C14H10O4S2.Mg/c15-13(16)9-1-5-11(6-2-9)19-20-12-7-3-10(4-8-12)14(17)18;/h1-8H,(H,15,16)(H,17,18);/q;+2/p-2. The Morgan fingerprint density at radius 3 is 1.19 bits per heavy atom. The predicted molar refractivity (Wildman–Crippen MR) is 79.0 cm³/mol. The van der Waals surface area contributed by atoms with E-state index in [0.29, 0.717) is 0 Å². The number of rotatable bonds is 5. The Kier molecular flexibility index (Phi) is 7.10. The van der Waals surface area contributed by atoms with Crippen molar-refractivity contribution in [1.82, 2.24) is 0 Å². The van der Waals surface area contributed by atoms with Gasteiger partial charge in [0, 0.05) is 9.79 Å². The molecular formula is C14H8MgO4S2. The summed E-state index contributed by atoms with van der Waals surface area (Å²) >= 11 is 0. The summed E-state index contributed by atoms with van der Waals surface area (Å²) in [6, 6.07) is 12.7. The van der Waals surface area contributed by atoms with E-state index in [9.17, 15) is 19.8 Å². The average Bonchev–Trinajstić information content (AvgIpc) is 2.46. The summed E-state index contributed by atoms with van der Waals surface area (Å²) in [5, 5.41) is 21.2. The van der Waals surface area contributed by atoms with Crippen molar-refractivity contribution >= 4 is 56.6 Å². The van der Waals surface area contributed by atoms with Crippen LogP contribution in [0.3, 0.4) is 0 Å². The molecule has 2 aromatic carbocycles. The molecule has 4 nitrogen and oxygen atoms in total. The molecule has 0 radical (unpaired) electrons. The summed E-state index contributed by atoms with van der Waals surface area (Å²) in [6.45, 7) is 0. The molecule has 0 fully saturated rings. The van der Waals surface area contributed by atoms with Crippen LogP contribution in [0.1, 0.15) is 20.7 Å². The normalized spacial score (nSPS) is 9.71. The van der Waals surface area contributed by atoms with E-state index in [0.717, 1.165) is 9.79 Å². The molecule has 7 heteroatoms. The fourth-order valence-electron chi connectivity index (χ4n) is 1.39. The number of carbonyl (C=O) groups is 2. The van der Waals surface area contributed by atoms with E-state index in [1.807, 2.05) is 0 Å². The molecule has 0 saturated heterocycles. The van der Waals surface area contributed by atoms with Crippen LogP contribution >= 0.6 is 21.6 Å². The number of benzene rings is 2. The summed E-state index contributed by atoms with van der Waals surface area (Å²) in [5.74, 6) is -2.40. The maximum absolute atomic E-state index is 10.6. The Bertz CT molecular complexity index is 569. The number of carboxylic acids is 2. The van der Waals surface area contributed by atoms with Gasteiger partial charge in [-0.15, -0.1) is 0 Å². The van der Waals surface area contributed by atoms with Crippen LogP contribution < -0.4 is 10.2 Å². The Labute approximate surface area is 145 Å². The van der Waals surface area contributed by atoms with Crippen LogP contribution in [0.25, 0.3) is 0 Å². The molecule has 2 aromatic rings. The monoisotopic (exact) mass is 328 g/mol. The van der Waals surface area contributed by atoms with E-state index in [-0.39, 0.29) is 34.2 Å². The topological polar surface area (TPSA) is 80.3 Å². The Hall–Kier alpha value is -1.15. The van der Waals surface area contributed by atoms with Crippen LogP contribution in [0.5, 0.6) is 0 Å². The second-order valence-corrected chi connectivity index (χ2v) is 6.07. The average molecular weight is 329 g/mol. The van der Waals surface area contributed by atoms with Crippen LogP contribution in [0.4, 0.5) is 0 Å². The minimum atomic E-state index is -1.20. The third kappa shape index (κ3) is 5.27. The molecule has 0 saturated carbocycles. The number of carbonyl (C=O) groups excluding carboxylic acids is 2. The number of aromatic carboxylic acids is 2. The molecule has 0 aliphatic rings. The summed E-state index contributed by atoms with van der Waals surface area (Å²) in [4.78, 5) is 23.0. The van der Waals surface area contributed by atoms with Crippen LogP contribution in [0, 0.1) is 0 Å². The van der Waals surface area contributed by atoms with Gasteiger partial charge in [-0.1, -0.05) is 45.9 Å². The van der Waals surface area contributed by atoms with Crippen LogP contribution in [0.15, 0.2) is 58.3 Å². The van der Waals surface area contributed by atoms with Crippen LogP contribution in [0.2, 0.25) is 0 Å². The van der Waals surface area contributed by atoms with Gasteiger partial charge >= 0.3 is 23.1 Å². The van der Waals surface area contributed by atoms with E-state index in [1.165, 1.54) is 45.9 Å². The first-order chi connectivity index (χ1) is 9.56. The second-order valence-electron chi connectivity index (χ2n) is 3.79. The molecule has 0 aromatic heterocycles. The van der Waals surface area contributed by atoms with Crippen LogP contribution in [-0.4, -0.2) is 35.0 Å².